The molecule has 0 saturated carbocycles. The maximum atomic E-state index is 13.1. The van der Waals surface area contributed by atoms with Crippen molar-refractivity contribution in [3.8, 4) is 11.5 Å². The Morgan fingerprint density at radius 1 is 1.00 bits per heavy atom. The van der Waals surface area contributed by atoms with Gasteiger partial charge in [-0.25, -0.2) is 9.37 Å². The standard InChI is InChI=1S/C21H21FN2O2/c22-17-9-7-8-16(14-17)19(25)11-3-1-2-4-12-21-24-15-20(26-21)18-10-5-6-13-23-18/h5-10,13-15H,1-4,11-12H2. The van der Waals surface area contributed by atoms with Crippen LogP contribution in [0.1, 0.15) is 48.4 Å². The van der Waals surface area contributed by atoms with Crippen LogP contribution in [0.25, 0.3) is 11.5 Å². The second-order valence-electron chi connectivity index (χ2n) is 6.18. The van der Waals surface area contributed by atoms with E-state index in [1.165, 1.54) is 12.1 Å². The third-order valence-corrected chi connectivity index (χ3v) is 4.16. The van der Waals surface area contributed by atoms with Gasteiger partial charge in [0.05, 0.1) is 6.20 Å². The molecule has 3 rings (SSSR count). The number of hydrogen-bond acceptors (Lipinski definition) is 4. The largest absolute Gasteiger partial charge is 0.439 e. The molecular weight excluding hydrogens is 331 g/mol. The Morgan fingerprint density at radius 2 is 1.88 bits per heavy atom. The number of Topliss-reactive ketones (excluding diaryl/α,β-unsaturated/α-hetero) is 1. The molecule has 4 nitrogen and oxygen atoms in total. The van der Waals surface area contributed by atoms with Crippen LogP contribution in [0.2, 0.25) is 0 Å². The molecule has 0 radical (unpaired) electrons. The lowest BCUT2D eigenvalue weighted by molar-refractivity contribution is 0.0978. The highest BCUT2D eigenvalue weighted by atomic mass is 19.1. The number of benzene rings is 1. The summed E-state index contributed by atoms with van der Waals surface area (Å²) < 4.78 is 18.8. The van der Waals surface area contributed by atoms with Gasteiger partial charge < -0.3 is 4.42 Å². The third-order valence-electron chi connectivity index (χ3n) is 4.16. The van der Waals surface area contributed by atoms with Crippen LogP contribution < -0.4 is 0 Å². The van der Waals surface area contributed by atoms with Crippen molar-refractivity contribution in [2.75, 3.05) is 0 Å². The van der Waals surface area contributed by atoms with Crippen LogP contribution >= 0.6 is 0 Å². The molecule has 5 heteroatoms. The number of hydrogen-bond donors (Lipinski definition) is 0. The summed E-state index contributed by atoms with van der Waals surface area (Å²) in [5.41, 5.74) is 1.23. The van der Waals surface area contributed by atoms with Crippen molar-refractivity contribution in [1.29, 1.82) is 0 Å². The number of aromatic nitrogens is 2. The Hall–Kier alpha value is -2.82. The first-order valence-electron chi connectivity index (χ1n) is 8.87. The van der Waals surface area contributed by atoms with Gasteiger partial charge in [0.2, 0.25) is 0 Å². The summed E-state index contributed by atoms with van der Waals surface area (Å²) in [6.07, 6.45) is 8.36. The highest BCUT2D eigenvalue weighted by molar-refractivity contribution is 5.95. The fraction of sp³-hybridized carbons (Fsp3) is 0.286. The minimum absolute atomic E-state index is 0.00259. The number of rotatable bonds is 9. The summed E-state index contributed by atoms with van der Waals surface area (Å²) in [5, 5.41) is 0. The lowest BCUT2D eigenvalue weighted by Gasteiger charge is -2.02. The lowest BCUT2D eigenvalue weighted by atomic mass is 10.0. The second-order valence-corrected chi connectivity index (χ2v) is 6.18. The molecule has 134 valence electrons. The molecule has 0 amide bonds. The van der Waals surface area contributed by atoms with Gasteiger partial charge in [0.15, 0.2) is 17.4 Å². The van der Waals surface area contributed by atoms with E-state index in [0.717, 1.165) is 37.8 Å². The van der Waals surface area contributed by atoms with Gasteiger partial charge in [0, 0.05) is 24.6 Å². The molecule has 0 N–H and O–H groups in total. The first kappa shape index (κ1) is 18.0. The molecule has 1 aromatic carbocycles. The van der Waals surface area contributed by atoms with E-state index in [9.17, 15) is 9.18 Å². The predicted octanol–water partition coefficient (Wildman–Crippen LogP) is 5.25. The van der Waals surface area contributed by atoms with Crippen LogP contribution in [0.4, 0.5) is 4.39 Å². The molecule has 0 aliphatic carbocycles. The molecule has 0 atom stereocenters. The Labute approximate surface area is 152 Å². The molecule has 0 aliphatic heterocycles. The number of halogens is 1. The molecule has 26 heavy (non-hydrogen) atoms. The van der Waals surface area contributed by atoms with Gasteiger partial charge in [0.1, 0.15) is 11.5 Å². The van der Waals surface area contributed by atoms with Gasteiger partial charge in [-0.15, -0.1) is 0 Å². The summed E-state index contributed by atoms with van der Waals surface area (Å²) >= 11 is 0. The van der Waals surface area contributed by atoms with Crippen LogP contribution in [0.3, 0.4) is 0 Å². The van der Waals surface area contributed by atoms with E-state index in [4.69, 9.17) is 4.42 Å². The maximum Gasteiger partial charge on any atom is 0.194 e. The molecule has 0 saturated heterocycles. The number of nitrogens with zero attached hydrogens (tertiary/aromatic N) is 2. The van der Waals surface area contributed by atoms with E-state index in [-0.39, 0.29) is 11.6 Å². The minimum Gasteiger partial charge on any atom is -0.439 e. The summed E-state index contributed by atoms with van der Waals surface area (Å²) in [7, 11) is 0. The Balaban J connectivity index is 1.35. The zero-order chi connectivity index (χ0) is 18.2. The number of carbonyl (C=O) groups excluding carboxylic acids is 1. The fourth-order valence-corrected chi connectivity index (χ4v) is 2.77. The third kappa shape index (κ3) is 5.09. The van der Waals surface area contributed by atoms with E-state index < -0.39 is 0 Å². The van der Waals surface area contributed by atoms with E-state index in [1.807, 2.05) is 18.2 Å². The van der Waals surface area contributed by atoms with Crippen molar-refractivity contribution in [1.82, 2.24) is 9.97 Å². The van der Waals surface area contributed by atoms with Crippen molar-refractivity contribution < 1.29 is 13.6 Å². The van der Waals surface area contributed by atoms with E-state index in [2.05, 4.69) is 9.97 Å². The Morgan fingerprint density at radius 3 is 2.69 bits per heavy atom. The van der Waals surface area contributed by atoms with Crippen LogP contribution in [-0.4, -0.2) is 15.8 Å². The van der Waals surface area contributed by atoms with Crippen molar-refractivity contribution in [2.24, 2.45) is 0 Å². The summed E-state index contributed by atoms with van der Waals surface area (Å²) in [6, 6.07) is 11.5. The number of unbranched alkanes of at least 4 members (excludes halogenated alkanes) is 3. The minimum atomic E-state index is -0.369. The first-order valence-corrected chi connectivity index (χ1v) is 8.87. The highest BCUT2D eigenvalue weighted by Gasteiger charge is 2.08. The number of pyridine rings is 1. The van der Waals surface area contributed by atoms with E-state index in [1.54, 1.807) is 24.5 Å². The zero-order valence-corrected chi connectivity index (χ0v) is 14.5. The lowest BCUT2D eigenvalue weighted by Crippen LogP contribution is -1.99. The molecule has 2 heterocycles. The average molecular weight is 352 g/mol. The summed E-state index contributed by atoms with van der Waals surface area (Å²) in [4.78, 5) is 20.5. The molecule has 0 fully saturated rings. The van der Waals surface area contributed by atoms with Crippen LogP contribution in [-0.2, 0) is 6.42 Å². The highest BCUT2D eigenvalue weighted by Crippen LogP contribution is 2.19. The predicted molar refractivity (Wildman–Crippen MR) is 97.3 cm³/mol. The molecule has 0 spiro atoms. The Kier molecular flexibility index (Phi) is 6.25. The quantitative estimate of drug-likeness (QED) is 0.390. The number of oxazole rings is 1. The topological polar surface area (TPSA) is 56.0 Å². The van der Waals surface area contributed by atoms with Gasteiger partial charge >= 0.3 is 0 Å². The normalized spacial score (nSPS) is 10.8. The summed E-state index contributed by atoms with van der Waals surface area (Å²) in [5.74, 6) is 1.02. The fourth-order valence-electron chi connectivity index (χ4n) is 2.77. The van der Waals surface area contributed by atoms with Gasteiger partial charge in [-0.2, -0.15) is 0 Å². The SMILES string of the molecule is O=C(CCCCCCc1ncc(-c2ccccn2)o1)c1cccc(F)c1. The molecule has 3 aromatic rings. The van der Waals surface area contributed by atoms with Gasteiger partial charge in [-0.05, 0) is 37.1 Å². The summed E-state index contributed by atoms with van der Waals surface area (Å²) in [6.45, 7) is 0. The molecule has 2 aromatic heterocycles. The van der Waals surface area contributed by atoms with Crippen LogP contribution in [0, 0.1) is 5.82 Å². The Bertz CT molecular complexity index is 846. The van der Waals surface area contributed by atoms with E-state index >= 15 is 0 Å². The number of aryl methyl sites for hydroxylation is 1. The molecule has 0 unspecified atom stereocenters. The maximum absolute atomic E-state index is 13.1. The molecule has 0 aliphatic rings. The first-order chi connectivity index (χ1) is 12.7. The van der Waals surface area contributed by atoms with Gasteiger partial charge in [0.25, 0.3) is 0 Å². The van der Waals surface area contributed by atoms with Crippen molar-refractivity contribution >= 4 is 5.78 Å². The average Bonchev–Trinajstić information content (AvgIpc) is 3.14. The molecular formula is C21H21FN2O2. The smallest absolute Gasteiger partial charge is 0.194 e. The monoisotopic (exact) mass is 352 g/mol. The van der Waals surface area contributed by atoms with Crippen LogP contribution in [0.15, 0.2) is 59.3 Å². The number of carbonyl (C=O) groups is 1. The van der Waals surface area contributed by atoms with Crippen molar-refractivity contribution in [2.45, 2.75) is 38.5 Å². The van der Waals surface area contributed by atoms with Gasteiger partial charge in [-0.1, -0.05) is 31.0 Å². The zero-order valence-electron chi connectivity index (χ0n) is 14.5. The number of ketones is 1. The van der Waals surface area contributed by atoms with Crippen molar-refractivity contribution in [3.63, 3.8) is 0 Å². The molecule has 0 bridgehead atoms. The van der Waals surface area contributed by atoms with Crippen LogP contribution in [0.5, 0.6) is 0 Å². The second kappa shape index (κ2) is 9.04. The van der Waals surface area contributed by atoms with Gasteiger partial charge in [-0.3, -0.25) is 9.78 Å². The van der Waals surface area contributed by atoms with E-state index in [0.29, 0.717) is 23.6 Å². The van der Waals surface area contributed by atoms with Crippen molar-refractivity contribution in [3.05, 3.63) is 72.1 Å².